The SMILES string of the molecule is C#Cc1cc2c(cc1C=O)C(C)(C)CCC2(C)C. The topological polar surface area (TPSA) is 17.1 Å². The summed E-state index contributed by atoms with van der Waals surface area (Å²) in [5.41, 5.74) is 4.20. The Kier molecular flexibility index (Phi) is 2.86. The van der Waals surface area contributed by atoms with Crippen molar-refractivity contribution in [3.05, 3.63) is 34.4 Å². The molecule has 94 valence electrons. The van der Waals surface area contributed by atoms with Crippen molar-refractivity contribution in [2.45, 2.75) is 51.4 Å². The van der Waals surface area contributed by atoms with Crippen LogP contribution in [0.1, 0.15) is 67.6 Å². The molecule has 0 amide bonds. The first-order valence-corrected chi connectivity index (χ1v) is 6.42. The van der Waals surface area contributed by atoms with Crippen LogP contribution in [0.2, 0.25) is 0 Å². The second kappa shape index (κ2) is 3.99. The van der Waals surface area contributed by atoms with Crippen LogP contribution in [0, 0.1) is 12.3 Å². The summed E-state index contributed by atoms with van der Waals surface area (Å²) in [4.78, 5) is 11.1. The largest absolute Gasteiger partial charge is 0.298 e. The van der Waals surface area contributed by atoms with Crippen molar-refractivity contribution in [1.29, 1.82) is 0 Å². The molecule has 1 aliphatic carbocycles. The maximum Gasteiger partial charge on any atom is 0.151 e. The highest BCUT2D eigenvalue weighted by Crippen LogP contribution is 2.46. The van der Waals surface area contributed by atoms with E-state index in [9.17, 15) is 4.79 Å². The van der Waals surface area contributed by atoms with Crippen LogP contribution in [0.15, 0.2) is 12.1 Å². The number of carbonyl (C=O) groups excluding carboxylic acids is 1. The Labute approximate surface area is 110 Å². The van der Waals surface area contributed by atoms with E-state index in [1.54, 1.807) is 0 Å². The summed E-state index contributed by atoms with van der Waals surface area (Å²) in [5.74, 6) is 2.63. The zero-order chi connectivity index (χ0) is 13.6. The van der Waals surface area contributed by atoms with Crippen molar-refractivity contribution in [1.82, 2.24) is 0 Å². The molecule has 0 radical (unpaired) electrons. The zero-order valence-electron chi connectivity index (χ0n) is 11.6. The van der Waals surface area contributed by atoms with Crippen LogP contribution in [0.4, 0.5) is 0 Å². The number of carbonyl (C=O) groups is 1. The van der Waals surface area contributed by atoms with Crippen LogP contribution in [-0.2, 0) is 10.8 Å². The van der Waals surface area contributed by atoms with Gasteiger partial charge in [-0.05, 0) is 46.9 Å². The molecule has 0 fully saturated rings. The van der Waals surface area contributed by atoms with Crippen molar-refractivity contribution in [2.24, 2.45) is 0 Å². The van der Waals surface area contributed by atoms with Crippen LogP contribution >= 0.6 is 0 Å². The third-order valence-electron chi connectivity index (χ3n) is 4.31. The normalized spacial score (nSPS) is 19.7. The van der Waals surface area contributed by atoms with Crippen molar-refractivity contribution in [2.75, 3.05) is 0 Å². The van der Waals surface area contributed by atoms with Gasteiger partial charge >= 0.3 is 0 Å². The van der Waals surface area contributed by atoms with Crippen molar-refractivity contribution < 1.29 is 4.79 Å². The molecule has 0 heterocycles. The number of benzene rings is 1. The molecule has 0 saturated heterocycles. The van der Waals surface area contributed by atoms with Crippen molar-refractivity contribution in [3.8, 4) is 12.3 Å². The molecule has 1 aromatic rings. The van der Waals surface area contributed by atoms with Crippen LogP contribution < -0.4 is 0 Å². The van der Waals surface area contributed by atoms with Gasteiger partial charge in [0.2, 0.25) is 0 Å². The number of fused-ring (bicyclic) bond motifs is 1. The van der Waals surface area contributed by atoms with E-state index >= 15 is 0 Å². The highest BCUT2D eigenvalue weighted by atomic mass is 16.1. The van der Waals surface area contributed by atoms with Crippen LogP contribution in [-0.4, -0.2) is 6.29 Å². The Bertz CT molecular complexity index is 541. The van der Waals surface area contributed by atoms with E-state index in [0.29, 0.717) is 5.56 Å². The van der Waals surface area contributed by atoms with Gasteiger partial charge < -0.3 is 0 Å². The van der Waals surface area contributed by atoms with E-state index in [-0.39, 0.29) is 10.8 Å². The molecule has 1 aromatic carbocycles. The fourth-order valence-corrected chi connectivity index (χ4v) is 2.85. The molecule has 0 spiro atoms. The molecule has 0 aromatic heterocycles. The van der Waals surface area contributed by atoms with Gasteiger partial charge in [-0.15, -0.1) is 6.42 Å². The van der Waals surface area contributed by atoms with Crippen LogP contribution in [0.5, 0.6) is 0 Å². The Hall–Kier alpha value is -1.55. The summed E-state index contributed by atoms with van der Waals surface area (Å²) in [5, 5.41) is 0. The minimum Gasteiger partial charge on any atom is -0.298 e. The summed E-state index contributed by atoms with van der Waals surface area (Å²) in [6, 6.07) is 4.04. The van der Waals surface area contributed by atoms with Gasteiger partial charge in [-0.2, -0.15) is 0 Å². The lowest BCUT2D eigenvalue weighted by molar-refractivity contribution is 0.112. The second-order valence-electron chi connectivity index (χ2n) is 6.51. The first kappa shape index (κ1) is 12.9. The molecule has 0 unspecified atom stereocenters. The average molecular weight is 240 g/mol. The Morgan fingerprint density at radius 1 is 1.11 bits per heavy atom. The summed E-state index contributed by atoms with van der Waals surface area (Å²) < 4.78 is 0. The molecule has 1 nitrogen and oxygen atoms in total. The lowest BCUT2D eigenvalue weighted by Crippen LogP contribution is -2.34. The van der Waals surface area contributed by atoms with Gasteiger partial charge in [-0.3, -0.25) is 4.79 Å². The number of aldehydes is 1. The molecule has 0 N–H and O–H groups in total. The van der Waals surface area contributed by atoms with Crippen molar-refractivity contribution in [3.63, 3.8) is 0 Å². The third-order valence-corrected chi connectivity index (χ3v) is 4.31. The maximum absolute atomic E-state index is 11.1. The highest BCUT2D eigenvalue weighted by Gasteiger charge is 2.37. The summed E-state index contributed by atoms with van der Waals surface area (Å²) in [6.45, 7) is 8.99. The molecule has 1 aliphatic rings. The van der Waals surface area contributed by atoms with Crippen LogP contribution in [0.3, 0.4) is 0 Å². The molecule has 2 rings (SSSR count). The molecular weight excluding hydrogens is 220 g/mol. The molecule has 1 heteroatoms. The number of hydrogen-bond donors (Lipinski definition) is 0. The second-order valence-corrected chi connectivity index (χ2v) is 6.51. The lowest BCUT2D eigenvalue weighted by Gasteiger charge is -2.42. The number of hydrogen-bond acceptors (Lipinski definition) is 1. The minimum absolute atomic E-state index is 0.121. The Morgan fingerprint density at radius 2 is 1.61 bits per heavy atom. The quantitative estimate of drug-likeness (QED) is 0.538. The molecule has 18 heavy (non-hydrogen) atoms. The molecule has 0 bridgehead atoms. The number of rotatable bonds is 1. The third kappa shape index (κ3) is 1.86. The van der Waals surface area contributed by atoms with Gasteiger partial charge in [0.1, 0.15) is 0 Å². The van der Waals surface area contributed by atoms with Gasteiger partial charge in [0, 0.05) is 11.1 Å². The van der Waals surface area contributed by atoms with Gasteiger partial charge in [0.15, 0.2) is 6.29 Å². The molecule has 0 atom stereocenters. The van der Waals surface area contributed by atoms with E-state index in [2.05, 4.69) is 33.6 Å². The first-order valence-electron chi connectivity index (χ1n) is 6.42. The monoisotopic (exact) mass is 240 g/mol. The summed E-state index contributed by atoms with van der Waals surface area (Å²) in [7, 11) is 0. The predicted octanol–water partition coefficient (Wildman–Crippen LogP) is 3.83. The Balaban J connectivity index is 2.77. The predicted molar refractivity (Wildman–Crippen MR) is 75.1 cm³/mol. The van der Waals surface area contributed by atoms with Gasteiger partial charge in [0.25, 0.3) is 0 Å². The Morgan fingerprint density at radius 3 is 2.06 bits per heavy atom. The van der Waals surface area contributed by atoms with E-state index in [1.165, 1.54) is 11.1 Å². The first-order chi connectivity index (χ1) is 8.31. The van der Waals surface area contributed by atoms with Gasteiger partial charge in [-0.25, -0.2) is 0 Å². The fourth-order valence-electron chi connectivity index (χ4n) is 2.85. The van der Waals surface area contributed by atoms with Crippen LogP contribution in [0.25, 0.3) is 0 Å². The molecular formula is C17H20O. The van der Waals surface area contributed by atoms with Crippen molar-refractivity contribution >= 4 is 6.29 Å². The van der Waals surface area contributed by atoms with E-state index in [1.807, 2.05) is 12.1 Å². The highest BCUT2D eigenvalue weighted by molar-refractivity contribution is 5.80. The van der Waals surface area contributed by atoms with Gasteiger partial charge in [-0.1, -0.05) is 33.6 Å². The summed E-state index contributed by atoms with van der Waals surface area (Å²) in [6.07, 6.45) is 8.66. The van der Waals surface area contributed by atoms with E-state index in [0.717, 1.165) is 24.7 Å². The van der Waals surface area contributed by atoms with E-state index in [4.69, 9.17) is 6.42 Å². The minimum atomic E-state index is 0.121. The number of terminal acetylenes is 1. The standard InChI is InChI=1S/C17H20O/c1-6-12-9-14-15(10-13(12)11-18)17(4,5)8-7-16(14,2)3/h1,9-11H,7-8H2,2-5H3. The maximum atomic E-state index is 11.1. The molecule has 0 saturated carbocycles. The smallest absolute Gasteiger partial charge is 0.151 e. The van der Waals surface area contributed by atoms with E-state index < -0.39 is 0 Å². The van der Waals surface area contributed by atoms with Gasteiger partial charge in [0.05, 0.1) is 0 Å². The fraction of sp³-hybridized carbons (Fsp3) is 0.471. The molecule has 0 aliphatic heterocycles. The summed E-state index contributed by atoms with van der Waals surface area (Å²) >= 11 is 0. The average Bonchev–Trinajstić information content (AvgIpc) is 2.33. The lowest BCUT2D eigenvalue weighted by atomic mass is 9.62. The zero-order valence-corrected chi connectivity index (χ0v) is 11.6.